The summed E-state index contributed by atoms with van der Waals surface area (Å²) in [5.74, 6) is 3.20. The highest BCUT2D eigenvalue weighted by molar-refractivity contribution is 5.79. The van der Waals surface area contributed by atoms with Gasteiger partial charge >= 0.3 is 0 Å². The van der Waals surface area contributed by atoms with Crippen molar-refractivity contribution >= 4 is 11.7 Å². The van der Waals surface area contributed by atoms with Crippen LogP contribution in [-0.4, -0.2) is 56.6 Å². The van der Waals surface area contributed by atoms with Gasteiger partial charge in [-0.3, -0.25) is 4.79 Å². The van der Waals surface area contributed by atoms with Crippen molar-refractivity contribution in [3.63, 3.8) is 0 Å². The molecule has 2 aromatic carbocycles. The predicted octanol–water partition coefficient (Wildman–Crippen LogP) is 3.57. The zero-order chi connectivity index (χ0) is 23.8. The molecule has 3 aromatic rings. The molecular weight excluding hydrogens is 432 g/mol. The monoisotopic (exact) mass is 462 g/mol. The number of piperidine rings is 1. The molecule has 0 atom stereocenters. The first kappa shape index (κ1) is 23.4. The Morgan fingerprint density at radius 1 is 0.941 bits per heavy atom. The van der Waals surface area contributed by atoms with Crippen LogP contribution in [0.15, 0.2) is 60.7 Å². The molecule has 0 spiro atoms. The molecule has 1 saturated heterocycles. The van der Waals surface area contributed by atoms with Crippen LogP contribution in [0.3, 0.4) is 0 Å². The molecule has 8 heteroatoms. The van der Waals surface area contributed by atoms with E-state index in [4.69, 9.17) is 14.2 Å². The molecule has 34 heavy (non-hydrogen) atoms. The van der Waals surface area contributed by atoms with Crippen LogP contribution < -0.4 is 24.4 Å². The highest BCUT2D eigenvalue weighted by Crippen LogP contribution is 2.29. The van der Waals surface area contributed by atoms with Crippen LogP contribution in [0.2, 0.25) is 0 Å². The second-order valence-corrected chi connectivity index (χ2v) is 8.05. The molecule has 1 aliphatic rings. The van der Waals surface area contributed by atoms with E-state index in [1.807, 2.05) is 60.7 Å². The molecule has 0 saturated carbocycles. The molecule has 1 aromatic heterocycles. The number of carbonyl (C=O) groups excluding carboxylic acids is 1. The summed E-state index contributed by atoms with van der Waals surface area (Å²) >= 11 is 0. The number of hydrogen-bond acceptors (Lipinski definition) is 7. The average molecular weight is 463 g/mol. The third-order valence-corrected chi connectivity index (χ3v) is 5.95. The lowest BCUT2D eigenvalue weighted by Gasteiger charge is -2.31. The maximum Gasteiger partial charge on any atom is 0.223 e. The minimum Gasteiger partial charge on any atom is -0.497 e. The standard InChI is InChI=1S/C26H30N4O4/c1-32-20-7-9-21(10-8-20)34-18-15-27-26(31)19-13-16-30(17-14-19)25-12-11-23(28-29-25)22-5-3-4-6-24(22)33-2/h3-12,19H,13-18H2,1-2H3,(H,27,31). The van der Waals surface area contributed by atoms with Crippen molar-refractivity contribution in [1.29, 1.82) is 0 Å². The number of carbonyl (C=O) groups is 1. The van der Waals surface area contributed by atoms with Crippen molar-refractivity contribution in [2.75, 3.05) is 45.4 Å². The van der Waals surface area contributed by atoms with Crippen molar-refractivity contribution in [2.45, 2.75) is 12.8 Å². The number of ether oxygens (including phenoxy) is 3. The summed E-state index contributed by atoms with van der Waals surface area (Å²) in [6, 6.07) is 19.1. The molecule has 0 unspecified atom stereocenters. The number of para-hydroxylation sites is 1. The second kappa shape index (κ2) is 11.4. The van der Waals surface area contributed by atoms with Gasteiger partial charge < -0.3 is 24.4 Å². The van der Waals surface area contributed by atoms with Crippen molar-refractivity contribution in [3.8, 4) is 28.5 Å². The van der Waals surface area contributed by atoms with E-state index in [1.54, 1.807) is 14.2 Å². The lowest BCUT2D eigenvalue weighted by molar-refractivity contribution is -0.125. The first-order valence-corrected chi connectivity index (χ1v) is 11.4. The van der Waals surface area contributed by atoms with E-state index >= 15 is 0 Å². The number of hydrogen-bond donors (Lipinski definition) is 1. The molecule has 178 valence electrons. The van der Waals surface area contributed by atoms with Crippen LogP contribution in [0, 0.1) is 5.92 Å². The zero-order valence-electron chi connectivity index (χ0n) is 19.6. The van der Waals surface area contributed by atoms with Gasteiger partial charge in [-0.1, -0.05) is 12.1 Å². The Morgan fingerprint density at radius 3 is 2.35 bits per heavy atom. The smallest absolute Gasteiger partial charge is 0.223 e. The predicted molar refractivity (Wildman–Crippen MR) is 130 cm³/mol. The number of methoxy groups -OCH3 is 2. The maximum absolute atomic E-state index is 12.6. The number of aromatic nitrogens is 2. The number of nitrogens with zero attached hydrogens (tertiary/aromatic N) is 3. The fraction of sp³-hybridized carbons (Fsp3) is 0.346. The minimum atomic E-state index is -0.00181. The van der Waals surface area contributed by atoms with E-state index in [9.17, 15) is 4.79 Å². The third kappa shape index (κ3) is 5.75. The third-order valence-electron chi connectivity index (χ3n) is 5.95. The zero-order valence-corrected chi connectivity index (χ0v) is 19.6. The number of benzene rings is 2. The lowest BCUT2D eigenvalue weighted by atomic mass is 9.96. The van der Waals surface area contributed by atoms with Gasteiger partial charge in [-0.05, 0) is 61.4 Å². The first-order chi connectivity index (χ1) is 16.7. The lowest BCUT2D eigenvalue weighted by Crippen LogP contribution is -2.41. The van der Waals surface area contributed by atoms with E-state index in [0.717, 1.165) is 60.3 Å². The Bertz CT molecular complexity index is 1060. The van der Waals surface area contributed by atoms with Gasteiger partial charge in [0.1, 0.15) is 23.9 Å². The quantitative estimate of drug-likeness (QED) is 0.487. The van der Waals surface area contributed by atoms with Gasteiger partial charge in [0.25, 0.3) is 0 Å². The molecule has 1 fully saturated rings. The van der Waals surface area contributed by atoms with Crippen LogP contribution in [0.4, 0.5) is 5.82 Å². The van der Waals surface area contributed by atoms with E-state index in [1.165, 1.54) is 0 Å². The summed E-state index contributed by atoms with van der Waals surface area (Å²) in [6.45, 7) is 2.43. The van der Waals surface area contributed by atoms with Crippen LogP contribution in [0.25, 0.3) is 11.3 Å². The summed E-state index contributed by atoms with van der Waals surface area (Å²) in [7, 11) is 3.28. The molecular formula is C26H30N4O4. The number of rotatable bonds is 9. The van der Waals surface area contributed by atoms with Gasteiger partial charge in [0, 0.05) is 24.6 Å². The van der Waals surface area contributed by atoms with Crippen LogP contribution >= 0.6 is 0 Å². The molecule has 1 amide bonds. The molecule has 1 N–H and O–H groups in total. The highest BCUT2D eigenvalue weighted by atomic mass is 16.5. The van der Waals surface area contributed by atoms with Crippen LogP contribution in [0.5, 0.6) is 17.2 Å². The van der Waals surface area contributed by atoms with E-state index in [-0.39, 0.29) is 11.8 Å². The molecule has 2 heterocycles. The van der Waals surface area contributed by atoms with E-state index < -0.39 is 0 Å². The Labute approximate surface area is 199 Å². The number of nitrogens with one attached hydrogen (secondary N) is 1. The van der Waals surface area contributed by atoms with Gasteiger partial charge in [-0.2, -0.15) is 0 Å². The van der Waals surface area contributed by atoms with E-state index in [2.05, 4.69) is 20.4 Å². The van der Waals surface area contributed by atoms with Crippen molar-refractivity contribution in [1.82, 2.24) is 15.5 Å². The Morgan fingerprint density at radius 2 is 1.68 bits per heavy atom. The summed E-state index contributed by atoms with van der Waals surface area (Å²) in [4.78, 5) is 14.7. The normalized spacial score (nSPS) is 13.9. The highest BCUT2D eigenvalue weighted by Gasteiger charge is 2.25. The summed E-state index contributed by atoms with van der Waals surface area (Å²) in [5, 5.41) is 11.8. The fourth-order valence-corrected chi connectivity index (χ4v) is 4.02. The van der Waals surface area contributed by atoms with Gasteiger partial charge in [-0.25, -0.2) is 0 Å². The number of anilines is 1. The second-order valence-electron chi connectivity index (χ2n) is 8.05. The SMILES string of the molecule is COc1ccc(OCCNC(=O)C2CCN(c3ccc(-c4ccccc4OC)nn3)CC2)cc1. The van der Waals surface area contributed by atoms with Gasteiger partial charge in [-0.15, -0.1) is 10.2 Å². The first-order valence-electron chi connectivity index (χ1n) is 11.4. The average Bonchev–Trinajstić information content (AvgIpc) is 2.91. The number of amides is 1. The molecule has 0 aliphatic carbocycles. The minimum absolute atomic E-state index is 0.00181. The van der Waals surface area contributed by atoms with E-state index in [0.29, 0.717) is 13.2 Å². The van der Waals surface area contributed by atoms with Crippen molar-refractivity contribution in [2.24, 2.45) is 5.92 Å². The maximum atomic E-state index is 12.6. The van der Waals surface area contributed by atoms with Crippen LogP contribution in [0.1, 0.15) is 12.8 Å². The fourth-order valence-electron chi connectivity index (χ4n) is 4.02. The molecule has 0 radical (unpaired) electrons. The topological polar surface area (TPSA) is 85.8 Å². The van der Waals surface area contributed by atoms with Gasteiger partial charge in [0.15, 0.2) is 5.82 Å². The van der Waals surface area contributed by atoms with Crippen molar-refractivity contribution in [3.05, 3.63) is 60.7 Å². The van der Waals surface area contributed by atoms with Crippen molar-refractivity contribution < 1.29 is 19.0 Å². The molecule has 1 aliphatic heterocycles. The summed E-state index contributed by atoms with van der Waals surface area (Å²) < 4.78 is 16.2. The van der Waals surface area contributed by atoms with Gasteiger partial charge in [0.2, 0.25) is 5.91 Å². The largest absolute Gasteiger partial charge is 0.497 e. The molecule has 4 rings (SSSR count). The Balaban J connectivity index is 1.21. The molecule has 8 nitrogen and oxygen atoms in total. The summed E-state index contributed by atoms with van der Waals surface area (Å²) in [5.41, 5.74) is 1.68. The Kier molecular flexibility index (Phi) is 7.80. The van der Waals surface area contributed by atoms with Crippen LogP contribution in [-0.2, 0) is 4.79 Å². The Hall–Kier alpha value is -3.81. The summed E-state index contributed by atoms with van der Waals surface area (Å²) in [6.07, 6.45) is 1.56. The van der Waals surface area contributed by atoms with Gasteiger partial charge in [0.05, 0.1) is 26.5 Å². The molecule has 0 bridgehead atoms.